The van der Waals surface area contributed by atoms with E-state index in [4.69, 9.17) is 4.52 Å². The van der Waals surface area contributed by atoms with Crippen LogP contribution >= 0.6 is 0 Å². The van der Waals surface area contributed by atoms with Crippen molar-refractivity contribution >= 4 is 22.8 Å². The molecule has 0 saturated carbocycles. The number of amides is 2. The maximum atomic E-state index is 12.6. The van der Waals surface area contributed by atoms with E-state index in [2.05, 4.69) is 5.16 Å². The maximum absolute atomic E-state index is 12.6. The maximum Gasteiger partial charge on any atom is 0.228 e. The fourth-order valence-electron chi connectivity index (χ4n) is 3.75. The average molecular weight is 313 g/mol. The fourth-order valence-corrected chi connectivity index (χ4v) is 3.75. The SMILES string of the molecule is CCN1C[C@@H]2CN(C(=O)Cc3noc4ccccc34)C[C@@H]2C1=O. The second-order valence-electron chi connectivity index (χ2n) is 6.34. The van der Waals surface area contributed by atoms with E-state index < -0.39 is 0 Å². The molecule has 0 spiro atoms. The Balaban J connectivity index is 1.46. The molecule has 0 aliphatic carbocycles. The van der Waals surface area contributed by atoms with E-state index in [0.717, 1.165) is 18.5 Å². The van der Waals surface area contributed by atoms with Crippen molar-refractivity contribution < 1.29 is 14.1 Å². The highest BCUT2D eigenvalue weighted by Crippen LogP contribution is 2.32. The second kappa shape index (κ2) is 5.37. The van der Waals surface area contributed by atoms with E-state index in [1.54, 1.807) is 0 Å². The smallest absolute Gasteiger partial charge is 0.228 e. The molecule has 1 aromatic heterocycles. The van der Waals surface area contributed by atoms with Crippen LogP contribution in [0.2, 0.25) is 0 Å². The molecule has 6 heteroatoms. The second-order valence-corrected chi connectivity index (χ2v) is 6.34. The molecule has 2 fully saturated rings. The van der Waals surface area contributed by atoms with Crippen molar-refractivity contribution in [3.05, 3.63) is 30.0 Å². The molecule has 0 radical (unpaired) electrons. The predicted molar refractivity (Wildman–Crippen MR) is 83.5 cm³/mol. The van der Waals surface area contributed by atoms with Crippen LogP contribution in [0.25, 0.3) is 11.0 Å². The monoisotopic (exact) mass is 313 g/mol. The van der Waals surface area contributed by atoms with Gasteiger partial charge in [-0.25, -0.2) is 0 Å². The van der Waals surface area contributed by atoms with Crippen molar-refractivity contribution in [3.8, 4) is 0 Å². The Bertz CT molecular complexity index is 769. The van der Waals surface area contributed by atoms with Crippen LogP contribution < -0.4 is 0 Å². The van der Waals surface area contributed by atoms with Gasteiger partial charge in [-0.3, -0.25) is 9.59 Å². The third kappa shape index (κ3) is 2.29. The highest BCUT2D eigenvalue weighted by molar-refractivity contribution is 5.88. The summed E-state index contributed by atoms with van der Waals surface area (Å²) in [4.78, 5) is 28.5. The van der Waals surface area contributed by atoms with Crippen molar-refractivity contribution in [2.75, 3.05) is 26.2 Å². The van der Waals surface area contributed by atoms with Gasteiger partial charge in [-0.1, -0.05) is 17.3 Å². The Morgan fingerprint density at radius 1 is 1.30 bits per heavy atom. The minimum absolute atomic E-state index is 0.0204. The van der Waals surface area contributed by atoms with Crippen molar-refractivity contribution in [3.63, 3.8) is 0 Å². The number of likely N-dealkylation sites (tertiary alicyclic amines) is 2. The number of aromatic nitrogens is 1. The van der Waals surface area contributed by atoms with Crippen LogP contribution in [0, 0.1) is 11.8 Å². The summed E-state index contributed by atoms with van der Waals surface area (Å²) < 4.78 is 5.25. The molecule has 2 amide bonds. The Hall–Kier alpha value is -2.37. The van der Waals surface area contributed by atoms with Crippen molar-refractivity contribution in [2.24, 2.45) is 11.8 Å². The van der Waals surface area contributed by atoms with E-state index in [-0.39, 0.29) is 30.1 Å². The highest BCUT2D eigenvalue weighted by atomic mass is 16.5. The van der Waals surface area contributed by atoms with E-state index in [1.807, 2.05) is 41.0 Å². The van der Waals surface area contributed by atoms with E-state index in [9.17, 15) is 9.59 Å². The fraction of sp³-hybridized carbons (Fsp3) is 0.471. The zero-order valence-electron chi connectivity index (χ0n) is 13.1. The predicted octanol–water partition coefficient (Wildman–Crippen LogP) is 1.31. The quantitative estimate of drug-likeness (QED) is 0.857. The van der Waals surface area contributed by atoms with Crippen LogP contribution in [-0.4, -0.2) is 52.9 Å². The van der Waals surface area contributed by atoms with Crippen molar-refractivity contribution in [1.29, 1.82) is 0 Å². The molecule has 2 aliphatic rings. The molecule has 2 atom stereocenters. The topological polar surface area (TPSA) is 66.7 Å². The molecule has 1 aromatic carbocycles. The molecule has 120 valence electrons. The summed E-state index contributed by atoms with van der Waals surface area (Å²) in [5, 5.41) is 4.90. The summed E-state index contributed by atoms with van der Waals surface area (Å²) >= 11 is 0. The number of hydrogen-bond donors (Lipinski definition) is 0. The first-order valence-corrected chi connectivity index (χ1v) is 8.07. The molecule has 0 N–H and O–H groups in total. The van der Waals surface area contributed by atoms with Crippen LogP contribution in [0.4, 0.5) is 0 Å². The first kappa shape index (κ1) is 14.2. The first-order chi connectivity index (χ1) is 11.2. The third-order valence-electron chi connectivity index (χ3n) is 5.03. The summed E-state index contributed by atoms with van der Waals surface area (Å²) in [7, 11) is 0. The lowest BCUT2D eigenvalue weighted by atomic mass is 10.0. The van der Waals surface area contributed by atoms with Crippen molar-refractivity contribution in [1.82, 2.24) is 15.0 Å². The number of rotatable bonds is 3. The Kier molecular flexibility index (Phi) is 3.32. The summed E-state index contributed by atoms with van der Waals surface area (Å²) in [6, 6.07) is 7.54. The van der Waals surface area contributed by atoms with Gasteiger partial charge in [0.2, 0.25) is 11.8 Å². The van der Waals surface area contributed by atoms with Gasteiger partial charge in [-0.15, -0.1) is 0 Å². The lowest BCUT2D eigenvalue weighted by Crippen LogP contribution is -2.36. The van der Waals surface area contributed by atoms with Gasteiger partial charge < -0.3 is 14.3 Å². The zero-order valence-corrected chi connectivity index (χ0v) is 13.1. The van der Waals surface area contributed by atoms with E-state index >= 15 is 0 Å². The first-order valence-electron chi connectivity index (χ1n) is 8.07. The summed E-state index contributed by atoms with van der Waals surface area (Å²) in [5.41, 5.74) is 1.37. The molecule has 6 nitrogen and oxygen atoms in total. The van der Waals surface area contributed by atoms with Crippen LogP contribution in [0.5, 0.6) is 0 Å². The highest BCUT2D eigenvalue weighted by Gasteiger charge is 2.46. The number of benzene rings is 1. The van der Waals surface area contributed by atoms with Crippen LogP contribution in [0.1, 0.15) is 12.6 Å². The molecule has 3 heterocycles. The van der Waals surface area contributed by atoms with Gasteiger partial charge in [0, 0.05) is 37.5 Å². The Labute approximate surface area is 134 Å². The van der Waals surface area contributed by atoms with Gasteiger partial charge in [0.1, 0.15) is 5.69 Å². The van der Waals surface area contributed by atoms with Gasteiger partial charge >= 0.3 is 0 Å². The van der Waals surface area contributed by atoms with Gasteiger partial charge in [-0.2, -0.15) is 0 Å². The number of carbonyl (C=O) groups excluding carboxylic acids is 2. The Morgan fingerprint density at radius 3 is 2.91 bits per heavy atom. The molecule has 4 rings (SSSR count). The van der Waals surface area contributed by atoms with Crippen LogP contribution in [0.15, 0.2) is 28.8 Å². The molecule has 0 bridgehead atoms. The van der Waals surface area contributed by atoms with Gasteiger partial charge in [0.25, 0.3) is 0 Å². The minimum Gasteiger partial charge on any atom is -0.356 e. The standard InChI is InChI=1S/C17H19N3O3/c1-2-19-8-11-9-20(10-13(11)17(19)22)16(21)7-14-12-5-3-4-6-15(12)23-18-14/h3-6,11,13H,2,7-10H2,1H3/t11-,13+/m1/s1. The van der Waals surface area contributed by atoms with E-state index in [0.29, 0.717) is 24.4 Å². The average Bonchev–Trinajstić information content (AvgIpc) is 3.23. The largest absolute Gasteiger partial charge is 0.356 e. The van der Waals surface area contributed by atoms with E-state index in [1.165, 1.54) is 0 Å². The zero-order chi connectivity index (χ0) is 16.0. The molecular weight excluding hydrogens is 294 g/mol. The van der Waals surface area contributed by atoms with Crippen molar-refractivity contribution in [2.45, 2.75) is 13.3 Å². The molecule has 2 aliphatic heterocycles. The molecular formula is C17H19N3O3. The molecule has 0 unspecified atom stereocenters. The lowest BCUT2D eigenvalue weighted by molar-refractivity contribution is -0.132. The number of hydrogen-bond acceptors (Lipinski definition) is 4. The van der Waals surface area contributed by atoms with Gasteiger partial charge in [0.05, 0.1) is 12.3 Å². The van der Waals surface area contributed by atoms with Crippen LogP contribution in [-0.2, 0) is 16.0 Å². The Morgan fingerprint density at radius 2 is 2.13 bits per heavy atom. The lowest BCUT2D eigenvalue weighted by Gasteiger charge is -2.20. The normalized spacial score (nSPS) is 23.8. The summed E-state index contributed by atoms with van der Waals surface area (Å²) in [5.74, 6) is 0.474. The molecule has 2 aromatic rings. The summed E-state index contributed by atoms with van der Waals surface area (Å²) in [6.45, 7) is 4.73. The van der Waals surface area contributed by atoms with Gasteiger partial charge in [0.15, 0.2) is 5.58 Å². The molecule has 23 heavy (non-hydrogen) atoms. The third-order valence-corrected chi connectivity index (χ3v) is 5.03. The van der Waals surface area contributed by atoms with Gasteiger partial charge in [-0.05, 0) is 19.1 Å². The number of para-hydroxylation sites is 1. The number of fused-ring (bicyclic) bond motifs is 2. The number of nitrogens with zero attached hydrogens (tertiary/aromatic N) is 3. The number of carbonyl (C=O) groups is 2. The minimum atomic E-state index is -0.0204. The van der Waals surface area contributed by atoms with Crippen LogP contribution in [0.3, 0.4) is 0 Å². The molecule has 2 saturated heterocycles. The summed E-state index contributed by atoms with van der Waals surface area (Å²) in [6.07, 6.45) is 0.224.